The monoisotopic (exact) mass is 909 g/mol. The molecule has 0 atom stereocenters. The number of aryl methyl sites for hydroxylation is 1. The van der Waals surface area contributed by atoms with Crippen molar-refractivity contribution in [2.75, 3.05) is 14.7 Å². The average molecular weight is 910 g/mol. The molecule has 0 radical (unpaired) electrons. The summed E-state index contributed by atoms with van der Waals surface area (Å²) in [6, 6.07) is 106. The van der Waals surface area contributed by atoms with Gasteiger partial charge in [-0.2, -0.15) is 0 Å². The quantitative estimate of drug-likeness (QED) is 0.121. The SMILES string of the molecule is Cc1cccc2c1-c1ccc(N(c3cccc(-c4ccccc4)c3)c3cc(N(c4ccccc4)c4ccccc4)cc(N(c4ccccc4)c4ccccc4)c3)cc1C2(c1ccccc1)c1ccccc1. The molecule has 0 aliphatic heterocycles. The van der Waals surface area contributed by atoms with Gasteiger partial charge in [-0.05, 0) is 148 Å². The second-order valence-corrected chi connectivity index (χ2v) is 18.2. The number of benzene rings is 11. The number of fused-ring (bicyclic) bond motifs is 3. The largest absolute Gasteiger partial charge is 0.310 e. The summed E-state index contributed by atoms with van der Waals surface area (Å²) < 4.78 is 0. The smallest absolute Gasteiger partial charge is 0.0714 e. The Labute approximate surface area is 417 Å². The van der Waals surface area contributed by atoms with Crippen LogP contribution in [0.2, 0.25) is 0 Å². The lowest BCUT2D eigenvalue weighted by atomic mass is 9.67. The van der Waals surface area contributed by atoms with E-state index in [1.807, 2.05) is 0 Å². The molecular weight excluding hydrogens is 859 g/mol. The maximum atomic E-state index is 2.48. The number of nitrogens with zero attached hydrogens (tertiary/aromatic N) is 3. The fraction of sp³-hybridized carbons (Fsp3) is 0.0294. The highest BCUT2D eigenvalue weighted by molar-refractivity contribution is 5.93. The highest BCUT2D eigenvalue weighted by Crippen LogP contribution is 2.58. The van der Waals surface area contributed by atoms with Crippen LogP contribution in [0.25, 0.3) is 22.3 Å². The summed E-state index contributed by atoms with van der Waals surface area (Å²) in [6.07, 6.45) is 0. The standard InChI is InChI=1S/C68H51N3/c1-50-25-23-42-65-67(50)64-44-43-60(49-66(64)68(65,53-29-11-3-12-30-53)54-31-13-4-14-32-54)71(59-41-24-28-52(45-59)51-26-9-2-10-27-51)63-47-61(69(55-33-15-5-16-34-55)56-35-17-6-18-36-56)46-62(48-63)70(57-37-19-7-20-38-57)58-39-21-8-22-40-58/h2-49H,1H3. The van der Waals surface area contributed by atoms with E-state index in [4.69, 9.17) is 0 Å². The minimum atomic E-state index is -0.589. The first-order valence-electron chi connectivity index (χ1n) is 24.4. The van der Waals surface area contributed by atoms with Crippen molar-refractivity contribution < 1.29 is 0 Å². The molecule has 0 spiro atoms. The lowest BCUT2D eigenvalue weighted by Crippen LogP contribution is -2.28. The molecule has 11 aromatic rings. The molecule has 0 amide bonds. The number of para-hydroxylation sites is 4. The summed E-state index contributed by atoms with van der Waals surface area (Å²) in [5, 5.41) is 0. The Morgan fingerprint density at radius 2 is 0.620 bits per heavy atom. The van der Waals surface area contributed by atoms with E-state index in [9.17, 15) is 0 Å². The first-order valence-corrected chi connectivity index (χ1v) is 24.4. The van der Waals surface area contributed by atoms with Crippen LogP contribution in [0.5, 0.6) is 0 Å². The Morgan fingerprint density at radius 1 is 0.254 bits per heavy atom. The zero-order valence-corrected chi connectivity index (χ0v) is 39.6. The van der Waals surface area contributed by atoms with Gasteiger partial charge in [0, 0.05) is 34.1 Å². The molecule has 0 aromatic heterocycles. The third-order valence-corrected chi connectivity index (χ3v) is 14.0. The Hall–Kier alpha value is -9.18. The van der Waals surface area contributed by atoms with Crippen molar-refractivity contribution in [2.24, 2.45) is 0 Å². The normalized spacial score (nSPS) is 12.1. The lowest BCUT2D eigenvalue weighted by molar-refractivity contribution is 0.768. The molecule has 0 saturated heterocycles. The van der Waals surface area contributed by atoms with Crippen LogP contribution in [0, 0.1) is 6.92 Å². The van der Waals surface area contributed by atoms with Crippen LogP contribution in [0.1, 0.15) is 27.8 Å². The van der Waals surface area contributed by atoms with Crippen LogP contribution in [-0.4, -0.2) is 0 Å². The average Bonchev–Trinajstić information content (AvgIpc) is 3.75. The van der Waals surface area contributed by atoms with Crippen molar-refractivity contribution in [1.29, 1.82) is 0 Å². The Bertz CT molecular complexity index is 3360. The van der Waals surface area contributed by atoms with Crippen LogP contribution in [0.3, 0.4) is 0 Å². The van der Waals surface area contributed by atoms with Gasteiger partial charge in [-0.15, -0.1) is 0 Å². The van der Waals surface area contributed by atoms with Crippen molar-refractivity contribution in [3.05, 3.63) is 319 Å². The predicted octanol–water partition coefficient (Wildman–Crippen LogP) is 18.4. The minimum absolute atomic E-state index is 0.589. The highest BCUT2D eigenvalue weighted by atomic mass is 15.2. The number of rotatable bonds is 12. The molecule has 338 valence electrons. The van der Waals surface area contributed by atoms with Gasteiger partial charge in [0.05, 0.1) is 22.5 Å². The molecule has 0 heterocycles. The van der Waals surface area contributed by atoms with Gasteiger partial charge in [-0.25, -0.2) is 0 Å². The minimum Gasteiger partial charge on any atom is -0.310 e. The van der Waals surface area contributed by atoms with Gasteiger partial charge >= 0.3 is 0 Å². The summed E-state index contributed by atoms with van der Waals surface area (Å²) in [7, 11) is 0. The number of anilines is 9. The van der Waals surface area contributed by atoms with Gasteiger partial charge in [0.1, 0.15) is 0 Å². The Morgan fingerprint density at radius 3 is 1.08 bits per heavy atom. The molecular formula is C68H51N3. The predicted molar refractivity (Wildman–Crippen MR) is 298 cm³/mol. The molecule has 0 fully saturated rings. The first kappa shape index (κ1) is 43.1. The van der Waals surface area contributed by atoms with Crippen LogP contribution in [0.4, 0.5) is 51.2 Å². The van der Waals surface area contributed by atoms with E-state index in [1.165, 1.54) is 38.9 Å². The molecule has 0 N–H and O–H groups in total. The zero-order chi connectivity index (χ0) is 47.6. The fourth-order valence-corrected chi connectivity index (χ4v) is 10.9. The van der Waals surface area contributed by atoms with E-state index < -0.39 is 5.41 Å². The summed E-state index contributed by atoms with van der Waals surface area (Å²) in [6.45, 7) is 2.26. The van der Waals surface area contributed by atoms with E-state index in [1.54, 1.807) is 0 Å². The van der Waals surface area contributed by atoms with Gasteiger partial charge in [-0.1, -0.05) is 200 Å². The van der Waals surface area contributed by atoms with Crippen LogP contribution in [-0.2, 0) is 5.41 Å². The van der Waals surface area contributed by atoms with Gasteiger partial charge in [0.2, 0.25) is 0 Å². The zero-order valence-electron chi connectivity index (χ0n) is 39.6. The van der Waals surface area contributed by atoms with Crippen molar-refractivity contribution >= 4 is 51.2 Å². The highest BCUT2D eigenvalue weighted by Gasteiger charge is 2.47. The third kappa shape index (κ3) is 7.84. The molecule has 12 rings (SSSR count). The summed E-state index contributed by atoms with van der Waals surface area (Å²) in [4.78, 5) is 7.22. The van der Waals surface area contributed by atoms with Crippen LogP contribution in [0.15, 0.2) is 291 Å². The van der Waals surface area contributed by atoms with Gasteiger partial charge in [0.15, 0.2) is 0 Å². The number of hydrogen-bond acceptors (Lipinski definition) is 3. The van der Waals surface area contributed by atoms with Gasteiger partial charge < -0.3 is 14.7 Å². The van der Waals surface area contributed by atoms with Crippen molar-refractivity contribution in [3.63, 3.8) is 0 Å². The van der Waals surface area contributed by atoms with Crippen LogP contribution < -0.4 is 14.7 Å². The molecule has 0 saturated carbocycles. The van der Waals surface area contributed by atoms with E-state index in [0.29, 0.717) is 0 Å². The van der Waals surface area contributed by atoms with Gasteiger partial charge in [-0.3, -0.25) is 0 Å². The summed E-state index contributed by atoms with van der Waals surface area (Å²) in [5.41, 5.74) is 19.9. The van der Waals surface area contributed by atoms with E-state index >= 15 is 0 Å². The van der Waals surface area contributed by atoms with E-state index in [2.05, 4.69) is 313 Å². The molecule has 3 heteroatoms. The Kier molecular flexibility index (Phi) is 11.4. The lowest BCUT2D eigenvalue weighted by Gasteiger charge is -2.35. The van der Waals surface area contributed by atoms with E-state index in [-0.39, 0.29) is 0 Å². The maximum Gasteiger partial charge on any atom is 0.0714 e. The molecule has 0 unspecified atom stereocenters. The summed E-state index contributed by atoms with van der Waals surface area (Å²) >= 11 is 0. The first-order chi connectivity index (χ1) is 35.1. The molecule has 71 heavy (non-hydrogen) atoms. The molecule has 0 bridgehead atoms. The van der Waals surface area contributed by atoms with E-state index in [0.717, 1.165) is 62.3 Å². The molecule has 3 nitrogen and oxygen atoms in total. The van der Waals surface area contributed by atoms with Crippen molar-refractivity contribution in [2.45, 2.75) is 12.3 Å². The molecule has 1 aliphatic carbocycles. The van der Waals surface area contributed by atoms with Crippen LogP contribution >= 0.6 is 0 Å². The maximum absolute atomic E-state index is 2.48. The topological polar surface area (TPSA) is 9.72 Å². The third-order valence-electron chi connectivity index (χ3n) is 14.0. The molecule has 11 aromatic carbocycles. The summed E-state index contributed by atoms with van der Waals surface area (Å²) in [5.74, 6) is 0. The second-order valence-electron chi connectivity index (χ2n) is 18.2. The number of hydrogen-bond donors (Lipinski definition) is 0. The molecule has 1 aliphatic rings. The van der Waals surface area contributed by atoms with Crippen molar-refractivity contribution in [3.8, 4) is 22.3 Å². The van der Waals surface area contributed by atoms with Crippen molar-refractivity contribution in [1.82, 2.24) is 0 Å². The van der Waals surface area contributed by atoms with Gasteiger partial charge in [0.25, 0.3) is 0 Å². The fourth-order valence-electron chi connectivity index (χ4n) is 10.9. The Balaban J connectivity index is 1.18. The second kappa shape index (κ2) is 18.7.